The lowest BCUT2D eigenvalue weighted by atomic mass is 9.89. The SMILES string of the molecule is c1cnc2c(c1)ccc1ccc(-c3ccc4cc(-c5ccc6ccc(-c7ccc8ccc(-c9ccc%10ccc%11cccc%12ccc9c%10c%11%12)cc8n7)cc6n5)ccc4c3)nc12. The zero-order valence-electron chi connectivity index (χ0n) is 32.3. The van der Waals surface area contributed by atoms with Gasteiger partial charge in [-0.25, -0.2) is 15.0 Å². The molecule has 9 aromatic carbocycles. The fourth-order valence-corrected chi connectivity index (χ4v) is 9.32. The van der Waals surface area contributed by atoms with Crippen molar-refractivity contribution in [2.45, 2.75) is 0 Å². The normalized spacial score (nSPS) is 12.0. The maximum atomic E-state index is 5.24. The summed E-state index contributed by atoms with van der Waals surface area (Å²) in [6.45, 7) is 0. The van der Waals surface area contributed by atoms with Crippen LogP contribution >= 0.6 is 0 Å². The van der Waals surface area contributed by atoms with Crippen LogP contribution in [0.1, 0.15) is 0 Å². The van der Waals surface area contributed by atoms with Crippen molar-refractivity contribution < 1.29 is 0 Å². The molecule has 0 atom stereocenters. The molecule has 276 valence electrons. The third-order valence-corrected chi connectivity index (χ3v) is 12.4. The van der Waals surface area contributed by atoms with Crippen LogP contribution in [0.5, 0.6) is 0 Å². The Morgan fingerprint density at radius 1 is 0.283 bits per heavy atom. The molecule has 0 saturated carbocycles. The van der Waals surface area contributed by atoms with Crippen molar-refractivity contribution in [3.8, 4) is 44.9 Å². The molecule has 4 heteroatoms. The number of nitrogens with zero attached hydrogens (tertiary/aromatic N) is 4. The number of hydrogen-bond acceptors (Lipinski definition) is 4. The van der Waals surface area contributed by atoms with Gasteiger partial charge in [0.05, 0.1) is 39.1 Å². The van der Waals surface area contributed by atoms with Crippen LogP contribution in [-0.2, 0) is 0 Å². The zero-order chi connectivity index (χ0) is 39.3. The zero-order valence-corrected chi connectivity index (χ0v) is 32.3. The van der Waals surface area contributed by atoms with Gasteiger partial charge in [-0.05, 0) is 103 Å². The molecule has 4 nitrogen and oxygen atoms in total. The first-order valence-corrected chi connectivity index (χ1v) is 20.3. The Morgan fingerprint density at radius 3 is 1.45 bits per heavy atom. The van der Waals surface area contributed by atoms with Gasteiger partial charge in [0.1, 0.15) is 0 Å². The first kappa shape index (κ1) is 32.9. The van der Waals surface area contributed by atoms with Crippen LogP contribution in [-0.4, -0.2) is 19.9 Å². The second-order valence-electron chi connectivity index (χ2n) is 15.9. The molecule has 60 heavy (non-hydrogen) atoms. The fraction of sp³-hybridized carbons (Fsp3) is 0. The summed E-state index contributed by atoms with van der Waals surface area (Å²) in [5.41, 5.74) is 12.1. The van der Waals surface area contributed by atoms with Gasteiger partial charge in [0, 0.05) is 44.4 Å². The van der Waals surface area contributed by atoms with Crippen molar-refractivity contribution in [1.29, 1.82) is 0 Å². The third-order valence-electron chi connectivity index (χ3n) is 12.4. The topological polar surface area (TPSA) is 51.6 Å². The smallest absolute Gasteiger partial charge is 0.0972 e. The lowest BCUT2D eigenvalue weighted by Gasteiger charge is -2.14. The molecule has 0 unspecified atom stereocenters. The van der Waals surface area contributed by atoms with Gasteiger partial charge < -0.3 is 0 Å². The molecule has 0 bridgehead atoms. The van der Waals surface area contributed by atoms with E-state index in [-0.39, 0.29) is 0 Å². The minimum absolute atomic E-state index is 0.924. The molecule has 0 saturated heterocycles. The monoisotopic (exact) mass is 760 g/mol. The summed E-state index contributed by atoms with van der Waals surface area (Å²) in [6, 6.07) is 67.4. The van der Waals surface area contributed by atoms with E-state index in [0.29, 0.717) is 0 Å². The molecule has 0 N–H and O–H groups in total. The van der Waals surface area contributed by atoms with E-state index in [9.17, 15) is 0 Å². The lowest BCUT2D eigenvalue weighted by molar-refractivity contribution is 1.37. The van der Waals surface area contributed by atoms with Crippen molar-refractivity contribution in [3.05, 3.63) is 194 Å². The summed E-state index contributed by atoms with van der Waals surface area (Å²) in [4.78, 5) is 20.2. The molecule has 0 spiro atoms. The third kappa shape index (κ3) is 5.18. The van der Waals surface area contributed by atoms with E-state index in [4.69, 9.17) is 15.0 Å². The van der Waals surface area contributed by atoms with Crippen molar-refractivity contribution in [1.82, 2.24) is 19.9 Å². The lowest BCUT2D eigenvalue weighted by Crippen LogP contribution is -1.90. The summed E-state index contributed by atoms with van der Waals surface area (Å²) in [7, 11) is 0. The van der Waals surface area contributed by atoms with Crippen LogP contribution in [0.15, 0.2) is 194 Å². The Morgan fingerprint density at radius 2 is 0.750 bits per heavy atom. The summed E-state index contributed by atoms with van der Waals surface area (Å²) < 4.78 is 0. The van der Waals surface area contributed by atoms with Gasteiger partial charge in [-0.3, -0.25) is 4.98 Å². The predicted molar refractivity (Wildman–Crippen MR) is 251 cm³/mol. The van der Waals surface area contributed by atoms with Crippen LogP contribution in [0.3, 0.4) is 0 Å². The van der Waals surface area contributed by atoms with Gasteiger partial charge in [-0.1, -0.05) is 140 Å². The highest BCUT2D eigenvalue weighted by molar-refractivity contribution is 6.25. The molecule has 13 rings (SSSR count). The Balaban J connectivity index is 0.834. The fourth-order valence-electron chi connectivity index (χ4n) is 9.32. The van der Waals surface area contributed by atoms with Crippen LogP contribution < -0.4 is 0 Å². The maximum Gasteiger partial charge on any atom is 0.0972 e. The molecule has 13 aromatic rings. The second-order valence-corrected chi connectivity index (χ2v) is 15.9. The van der Waals surface area contributed by atoms with Crippen LogP contribution in [0.2, 0.25) is 0 Å². The van der Waals surface area contributed by atoms with E-state index < -0.39 is 0 Å². The van der Waals surface area contributed by atoms with E-state index >= 15 is 0 Å². The first-order chi connectivity index (χ1) is 29.7. The molecule has 0 aliphatic heterocycles. The van der Waals surface area contributed by atoms with Crippen molar-refractivity contribution in [3.63, 3.8) is 0 Å². The first-order valence-electron chi connectivity index (χ1n) is 20.3. The Hall–Kier alpha value is -8.08. The number of benzene rings is 9. The van der Waals surface area contributed by atoms with Gasteiger partial charge in [-0.15, -0.1) is 0 Å². The predicted octanol–water partition coefficient (Wildman–Crippen LogP) is 14.6. The number of rotatable bonds is 4. The number of pyridine rings is 4. The van der Waals surface area contributed by atoms with Crippen LogP contribution in [0, 0.1) is 0 Å². The minimum atomic E-state index is 0.924. The van der Waals surface area contributed by atoms with Gasteiger partial charge in [-0.2, -0.15) is 0 Å². The second kappa shape index (κ2) is 12.7. The summed E-state index contributed by atoms with van der Waals surface area (Å²) >= 11 is 0. The van der Waals surface area contributed by atoms with Crippen LogP contribution in [0.4, 0.5) is 0 Å². The van der Waals surface area contributed by atoms with Crippen molar-refractivity contribution >= 4 is 86.7 Å². The molecular weight excluding hydrogens is 729 g/mol. The van der Waals surface area contributed by atoms with Crippen molar-refractivity contribution in [2.75, 3.05) is 0 Å². The summed E-state index contributed by atoms with van der Waals surface area (Å²) in [6.07, 6.45) is 1.83. The standard InChI is InChI=1S/C56H32N4/c1-3-35-8-9-37-18-23-46(47-24-19-36(4-1)53(35)54(37)47)42-14-6-33-21-26-49(59-51(33)31-42)45-15-7-34-20-25-48(58-52(34)32-45)43-16-12-41-30-44(17-13-40(41)29-43)50-27-22-39-11-10-38-5-2-28-57-55(38)56(39)60-50/h1-32H. The van der Waals surface area contributed by atoms with Gasteiger partial charge in [0.25, 0.3) is 0 Å². The van der Waals surface area contributed by atoms with Crippen LogP contribution in [0.25, 0.3) is 132 Å². The largest absolute Gasteiger partial charge is 0.254 e. The minimum Gasteiger partial charge on any atom is -0.254 e. The van der Waals surface area contributed by atoms with E-state index in [1.807, 2.05) is 12.3 Å². The Labute approximate surface area is 344 Å². The van der Waals surface area contributed by atoms with Gasteiger partial charge in [0.15, 0.2) is 0 Å². The Bertz CT molecular complexity index is 3890. The molecule has 0 amide bonds. The van der Waals surface area contributed by atoms with Crippen molar-refractivity contribution in [2.24, 2.45) is 0 Å². The number of hydrogen-bond donors (Lipinski definition) is 0. The summed E-state index contributed by atoms with van der Waals surface area (Å²) in [5, 5.41) is 14.4. The molecule has 0 fully saturated rings. The molecular formula is C56H32N4. The summed E-state index contributed by atoms with van der Waals surface area (Å²) in [5.74, 6) is 0. The highest BCUT2D eigenvalue weighted by Gasteiger charge is 2.14. The number of fused-ring (bicyclic) bond motifs is 6. The average Bonchev–Trinajstić information content (AvgIpc) is 3.32. The average molecular weight is 761 g/mol. The highest BCUT2D eigenvalue weighted by Crippen LogP contribution is 2.40. The number of aromatic nitrogens is 4. The van der Waals surface area contributed by atoms with Gasteiger partial charge in [0.2, 0.25) is 0 Å². The molecule has 4 aromatic heterocycles. The molecule has 0 radical (unpaired) electrons. The Kier molecular flexibility index (Phi) is 6.98. The molecule has 0 aliphatic carbocycles. The van der Waals surface area contributed by atoms with E-state index in [1.54, 1.807) is 0 Å². The van der Waals surface area contributed by atoms with E-state index in [2.05, 4.69) is 187 Å². The van der Waals surface area contributed by atoms with E-state index in [1.165, 1.54) is 37.9 Å². The van der Waals surface area contributed by atoms with Gasteiger partial charge >= 0.3 is 0 Å². The molecule has 4 heterocycles. The highest BCUT2D eigenvalue weighted by atomic mass is 14.8. The van der Waals surface area contributed by atoms with E-state index in [0.717, 1.165) is 93.7 Å². The molecule has 0 aliphatic rings. The maximum absolute atomic E-state index is 5.24. The quantitative estimate of drug-likeness (QED) is 0.168.